The van der Waals surface area contributed by atoms with Gasteiger partial charge in [0.25, 0.3) is 11.1 Å². The fourth-order valence-electron chi connectivity index (χ4n) is 3.99. The van der Waals surface area contributed by atoms with E-state index < -0.39 is 0 Å². The van der Waals surface area contributed by atoms with Gasteiger partial charge in [0.15, 0.2) is 0 Å². The van der Waals surface area contributed by atoms with E-state index in [4.69, 9.17) is 0 Å². The molecular formula is C27H23N3O2. The molecule has 0 saturated carbocycles. The third-order valence-electron chi connectivity index (χ3n) is 5.85. The molecule has 0 aliphatic heterocycles. The van der Waals surface area contributed by atoms with Gasteiger partial charge in [0.1, 0.15) is 0 Å². The summed E-state index contributed by atoms with van der Waals surface area (Å²) < 4.78 is 3.36. The second-order valence-electron chi connectivity index (χ2n) is 8.14. The van der Waals surface area contributed by atoms with Crippen LogP contribution in [0.5, 0.6) is 0 Å². The van der Waals surface area contributed by atoms with Gasteiger partial charge in [-0.2, -0.15) is 0 Å². The molecule has 5 heteroatoms. The average molecular weight is 422 g/mol. The molecule has 0 aliphatic carbocycles. The molecule has 0 N–H and O–H groups in total. The number of pyridine rings is 3. The van der Waals surface area contributed by atoms with E-state index in [1.54, 1.807) is 27.6 Å². The molecule has 0 radical (unpaired) electrons. The summed E-state index contributed by atoms with van der Waals surface area (Å²) in [6, 6.07) is 23.6. The Labute approximate surface area is 185 Å². The molecule has 32 heavy (non-hydrogen) atoms. The van der Waals surface area contributed by atoms with Crippen molar-refractivity contribution in [3.63, 3.8) is 0 Å². The van der Waals surface area contributed by atoms with Gasteiger partial charge in [-0.3, -0.25) is 9.59 Å². The van der Waals surface area contributed by atoms with E-state index in [9.17, 15) is 9.59 Å². The minimum atomic E-state index is -0.142. The fourth-order valence-corrected chi connectivity index (χ4v) is 3.99. The lowest BCUT2D eigenvalue weighted by molar-refractivity contribution is 0.675. The second-order valence-corrected chi connectivity index (χ2v) is 8.14. The van der Waals surface area contributed by atoms with Crippen molar-refractivity contribution >= 4 is 21.8 Å². The summed E-state index contributed by atoms with van der Waals surface area (Å²) in [7, 11) is 0. The Kier molecular flexibility index (Phi) is 5.15. The molecule has 0 saturated heterocycles. The van der Waals surface area contributed by atoms with Crippen molar-refractivity contribution in [1.29, 1.82) is 0 Å². The highest BCUT2D eigenvalue weighted by Gasteiger charge is 2.10. The minimum Gasteiger partial charge on any atom is -0.315 e. The molecule has 158 valence electrons. The largest absolute Gasteiger partial charge is 0.315 e. The van der Waals surface area contributed by atoms with E-state index in [1.165, 1.54) is 11.1 Å². The fraction of sp³-hybridized carbons (Fsp3) is 0.148. The van der Waals surface area contributed by atoms with Gasteiger partial charge < -0.3 is 9.13 Å². The molecule has 0 unspecified atom stereocenters. The van der Waals surface area contributed by atoms with E-state index in [-0.39, 0.29) is 11.1 Å². The second kappa shape index (κ2) is 8.27. The van der Waals surface area contributed by atoms with E-state index in [2.05, 4.69) is 17.1 Å². The summed E-state index contributed by atoms with van der Waals surface area (Å²) in [5.41, 5.74) is 4.35. The zero-order chi connectivity index (χ0) is 22.1. The zero-order valence-corrected chi connectivity index (χ0v) is 17.9. The van der Waals surface area contributed by atoms with Crippen molar-refractivity contribution in [3.05, 3.63) is 123 Å². The maximum absolute atomic E-state index is 13.2. The number of rotatable bonds is 5. The smallest absolute Gasteiger partial charge is 0.260 e. The van der Waals surface area contributed by atoms with Gasteiger partial charge in [-0.05, 0) is 42.7 Å². The first-order chi connectivity index (χ1) is 15.6. The monoisotopic (exact) mass is 421 g/mol. The Morgan fingerprint density at radius 2 is 1.34 bits per heavy atom. The van der Waals surface area contributed by atoms with Crippen LogP contribution in [0.4, 0.5) is 0 Å². The molecule has 5 nitrogen and oxygen atoms in total. The molecule has 5 aromatic rings. The van der Waals surface area contributed by atoms with Crippen LogP contribution in [0.1, 0.15) is 16.7 Å². The van der Waals surface area contributed by atoms with Gasteiger partial charge in [0.2, 0.25) is 0 Å². The van der Waals surface area contributed by atoms with Gasteiger partial charge in [-0.1, -0.05) is 60.2 Å². The van der Waals surface area contributed by atoms with Crippen LogP contribution in [-0.2, 0) is 19.5 Å². The normalized spacial score (nSPS) is 11.3. The lowest BCUT2D eigenvalue weighted by atomic mass is 10.1. The van der Waals surface area contributed by atoms with Crippen LogP contribution in [0.2, 0.25) is 0 Å². The predicted molar refractivity (Wildman–Crippen MR) is 128 cm³/mol. The van der Waals surface area contributed by atoms with Crippen LogP contribution in [-0.4, -0.2) is 14.1 Å². The van der Waals surface area contributed by atoms with Crippen molar-refractivity contribution in [1.82, 2.24) is 14.1 Å². The number of fused-ring (bicyclic) bond motifs is 2. The van der Waals surface area contributed by atoms with Crippen molar-refractivity contribution in [2.75, 3.05) is 0 Å². The van der Waals surface area contributed by atoms with Crippen molar-refractivity contribution < 1.29 is 0 Å². The SMILES string of the molecule is Cc1ccc(Cn2ccc3nc4ccn(CCc5ccccc5)c(=O)c4cc3c2=O)cc1. The molecule has 2 aromatic carbocycles. The van der Waals surface area contributed by atoms with E-state index in [0.717, 1.165) is 12.0 Å². The predicted octanol–water partition coefficient (Wildman–Crippen LogP) is 4.31. The minimum absolute atomic E-state index is 0.124. The molecule has 0 amide bonds. The lowest BCUT2D eigenvalue weighted by Gasteiger charge is -2.10. The standard InChI is InChI=1S/C27H23N3O2/c1-19-7-9-21(10-8-19)18-30-16-13-25-23(27(30)32)17-22-24(28-25)12-15-29(26(22)31)14-11-20-5-3-2-4-6-20/h2-10,12-13,15-17H,11,14,18H2,1H3. The zero-order valence-electron chi connectivity index (χ0n) is 17.9. The number of nitrogens with zero attached hydrogens (tertiary/aromatic N) is 3. The van der Waals surface area contributed by atoms with Gasteiger partial charge in [0, 0.05) is 18.9 Å². The first kappa shape index (κ1) is 19.9. The number of benzene rings is 2. The molecule has 0 spiro atoms. The molecule has 0 atom stereocenters. The highest BCUT2D eigenvalue weighted by atomic mass is 16.1. The summed E-state index contributed by atoms with van der Waals surface area (Å²) in [6.45, 7) is 3.09. The Morgan fingerprint density at radius 3 is 2.03 bits per heavy atom. The van der Waals surface area contributed by atoms with Crippen molar-refractivity contribution in [3.8, 4) is 0 Å². The van der Waals surface area contributed by atoms with Gasteiger partial charge >= 0.3 is 0 Å². The lowest BCUT2D eigenvalue weighted by Crippen LogP contribution is -2.23. The van der Waals surface area contributed by atoms with Crippen LogP contribution >= 0.6 is 0 Å². The molecule has 0 bridgehead atoms. The number of hydrogen-bond acceptors (Lipinski definition) is 3. The summed E-state index contributed by atoms with van der Waals surface area (Å²) >= 11 is 0. The quantitative estimate of drug-likeness (QED) is 0.397. The van der Waals surface area contributed by atoms with Crippen molar-refractivity contribution in [2.24, 2.45) is 0 Å². The van der Waals surface area contributed by atoms with Crippen molar-refractivity contribution in [2.45, 2.75) is 26.4 Å². The summed E-state index contributed by atoms with van der Waals surface area (Å²) in [5.74, 6) is 0. The molecule has 0 aliphatic rings. The maximum atomic E-state index is 13.2. The highest BCUT2D eigenvalue weighted by molar-refractivity contribution is 5.91. The maximum Gasteiger partial charge on any atom is 0.260 e. The summed E-state index contributed by atoms with van der Waals surface area (Å²) in [5, 5.41) is 0.934. The van der Waals surface area contributed by atoms with E-state index >= 15 is 0 Å². The van der Waals surface area contributed by atoms with Crippen LogP contribution in [0.3, 0.4) is 0 Å². The van der Waals surface area contributed by atoms with Crippen LogP contribution in [0.15, 0.2) is 94.8 Å². The van der Waals surface area contributed by atoms with Gasteiger partial charge in [-0.25, -0.2) is 4.98 Å². The first-order valence-corrected chi connectivity index (χ1v) is 10.7. The number of hydrogen-bond donors (Lipinski definition) is 0. The average Bonchev–Trinajstić information content (AvgIpc) is 2.82. The molecule has 3 heterocycles. The number of aromatic nitrogens is 3. The van der Waals surface area contributed by atoms with Crippen LogP contribution in [0, 0.1) is 6.92 Å². The van der Waals surface area contributed by atoms with E-state index in [1.807, 2.05) is 61.5 Å². The topological polar surface area (TPSA) is 56.9 Å². The third kappa shape index (κ3) is 3.85. The molecule has 5 rings (SSSR count). The molecular weight excluding hydrogens is 398 g/mol. The summed E-state index contributed by atoms with van der Waals surface area (Å²) in [6.07, 6.45) is 4.31. The van der Waals surface area contributed by atoms with Crippen LogP contribution in [0.25, 0.3) is 21.8 Å². The Bertz CT molecular complexity index is 1530. The van der Waals surface area contributed by atoms with Gasteiger partial charge in [-0.15, -0.1) is 0 Å². The molecule has 0 fully saturated rings. The number of aryl methyl sites for hydroxylation is 3. The Hall–Kier alpha value is -3.99. The third-order valence-corrected chi connectivity index (χ3v) is 5.85. The first-order valence-electron chi connectivity index (χ1n) is 10.7. The highest BCUT2D eigenvalue weighted by Crippen LogP contribution is 2.15. The Morgan fingerprint density at radius 1 is 0.719 bits per heavy atom. The van der Waals surface area contributed by atoms with E-state index in [0.29, 0.717) is 34.9 Å². The van der Waals surface area contributed by atoms with Gasteiger partial charge in [0.05, 0.1) is 28.4 Å². The summed E-state index contributed by atoms with van der Waals surface area (Å²) in [4.78, 5) is 30.9. The Balaban J connectivity index is 1.53. The van der Waals surface area contributed by atoms with Crippen LogP contribution < -0.4 is 11.1 Å². The molecule has 3 aromatic heterocycles.